The summed E-state index contributed by atoms with van der Waals surface area (Å²) in [7, 11) is 0.677. The third-order valence-electron chi connectivity index (χ3n) is 9.72. The van der Waals surface area contributed by atoms with E-state index >= 15 is 0 Å². The van der Waals surface area contributed by atoms with E-state index in [0.29, 0.717) is 49.8 Å². The highest BCUT2D eigenvalue weighted by Gasteiger charge is 2.40. The molecular formula is C36H46BrN10O2P. The first kappa shape index (κ1) is 35.8. The SMILES string of the molecule is CN/C=C(\C=N)c1cc(\N=C/C(Br)=C(\N=C\N)Nc2ccc3nccnc3c2P(C)(C)=O)c(OC)cc1N1CCC2CCN(CC3CC3)C2C1. The van der Waals surface area contributed by atoms with Crippen LogP contribution in [0.5, 0.6) is 5.75 Å². The van der Waals surface area contributed by atoms with Crippen LogP contribution in [0.15, 0.2) is 63.1 Å². The van der Waals surface area contributed by atoms with E-state index in [4.69, 9.17) is 20.9 Å². The molecule has 6 rings (SSSR count). The van der Waals surface area contributed by atoms with Crippen LogP contribution in [0.4, 0.5) is 17.1 Å². The number of ether oxygens (including phenoxy) is 1. The zero-order valence-electron chi connectivity index (χ0n) is 29.1. The smallest absolute Gasteiger partial charge is 0.148 e. The van der Waals surface area contributed by atoms with E-state index in [2.05, 4.69) is 51.3 Å². The highest BCUT2D eigenvalue weighted by atomic mass is 79.9. The average molecular weight is 762 g/mol. The Hall–Kier alpha value is -4.06. The lowest BCUT2D eigenvalue weighted by Gasteiger charge is -2.40. The Morgan fingerprint density at radius 1 is 1.18 bits per heavy atom. The summed E-state index contributed by atoms with van der Waals surface area (Å²) in [5, 5.41) is 15.3. The molecule has 0 spiro atoms. The second kappa shape index (κ2) is 15.4. The van der Waals surface area contributed by atoms with Crippen molar-refractivity contribution < 1.29 is 9.30 Å². The van der Waals surface area contributed by atoms with Crippen LogP contribution in [0, 0.1) is 17.2 Å². The first-order valence-corrected chi connectivity index (χ1v) is 20.4. The third kappa shape index (κ3) is 7.80. The number of rotatable bonds is 13. The molecule has 2 aliphatic heterocycles. The lowest BCUT2D eigenvalue weighted by atomic mass is 9.91. The standard InChI is InChI=1S/C36H46BrN10O2P/c1-40-18-25(17-38)26-15-30(33(49-2)16-31(26)47-14-10-24-9-13-46(32(24)21-47)20-23-5-6-23)43-19-27(37)36(44-22-39)45-29-8-7-28-34(42-12-11-41-28)35(29)50(3,4)48/h7-8,11-12,15-19,22-24,32,38,40,45H,5-6,9-10,13-14,20-21H2,1-4H3,(H2,39,44)/b25-18+,36-27-,38-17?,43-19-. The molecular weight excluding hydrogens is 715 g/mol. The number of benzene rings is 2. The van der Waals surface area contributed by atoms with Crippen molar-refractivity contribution in [2.24, 2.45) is 27.6 Å². The molecule has 3 aromatic rings. The number of nitrogens with two attached hydrogens (primary N) is 1. The maximum absolute atomic E-state index is 13.5. The molecule has 2 unspecified atom stereocenters. The molecule has 0 radical (unpaired) electrons. The highest BCUT2D eigenvalue weighted by Crippen LogP contribution is 2.43. The number of allylic oxidation sites excluding steroid dienone is 2. The number of methoxy groups -OCH3 is 1. The first-order valence-electron chi connectivity index (χ1n) is 17.0. The summed E-state index contributed by atoms with van der Waals surface area (Å²) >= 11 is 3.64. The number of hydrogen-bond acceptors (Lipinski definition) is 11. The summed E-state index contributed by atoms with van der Waals surface area (Å²) in [5.41, 5.74) is 10.8. The van der Waals surface area contributed by atoms with E-state index in [1.165, 1.54) is 44.9 Å². The quantitative estimate of drug-likeness (QED) is 0.0965. The second-order valence-corrected chi connectivity index (χ2v) is 17.5. The van der Waals surface area contributed by atoms with Crippen molar-refractivity contribution in [1.82, 2.24) is 20.2 Å². The molecule has 264 valence electrons. The number of fused-ring (bicyclic) bond motifs is 2. The average Bonchev–Trinajstić information content (AvgIpc) is 3.85. The molecule has 50 heavy (non-hydrogen) atoms. The molecule has 0 amide bonds. The number of nitrogens with one attached hydrogen (secondary N) is 3. The molecule has 1 saturated carbocycles. The van der Waals surface area contributed by atoms with Gasteiger partial charge in [0.15, 0.2) is 0 Å². The van der Waals surface area contributed by atoms with Crippen molar-refractivity contribution in [2.45, 2.75) is 31.7 Å². The van der Waals surface area contributed by atoms with E-state index < -0.39 is 7.14 Å². The Morgan fingerprint density at radius 3 is 2.66 bits per heavy atom. The number of nitrogens with zero attached hydrogens (tertiary/aromatic N) is 6. The zero-order chi connectivity index (χ0) is 35.4. The molecule has 3 aliphatic rings. The number of aliphatic imine (C=N–C) groups is 2. The molecule has 3 fully saturated rings. The van der Waals surface area contributed by atoms with Crippen LogP contribution in [-0.2, 0) is 4.57 Å². The predicted octanol–water partition coefficient (Wildman–Crippen LogP) is 5.77. The summed E-state index contributed by atoms with van der Waals surface area (Å²) in [6.45, 7) is 7.71. The summed E-state index contributed by atoms with van der Waals surface area (Å²) in [5.74, 6) is 2.57. The minimum absolute atomic E-state index is 0.357. The zero-order valence-corrected chi connectivity index (χ0v) is 31.5. The van der Waals surface area contributed by atoms with Crippen LogP contribution < -0.4 is 31.3 Å². The van der Waals surface area contributed by atoms with E-state index in [1.54, 1.807) is 39.0 Å². The molecule has 14 heteroatoms. The molecule has 1 aromatic heterocycles. The van der Waals surface area contributed by atoms with E-state index in [0.717, 1.165) is 48.2 Å². The van der Waals surface area contributed by atoms with Crippen LogP contribution in [0.3, 0.4) is 0 Å². The van der Waals surface area contributed by atoms with Crippen molar-refractivity contribution in [3.05, 3.63) is 58.7 Å². The van der Waals surface area contributed by atoms with Gasteiger partial charge in [-0.05, 0) is 91.5 Å². The second-order valence-electron chi connectivity index (χ2n) is 13.5. The summed E-state index contributed by atoms with van der Waals surface area (Å²) in [6.07, 6.45) is 14.4. The summed E-state index contributed by atoms with van der Waals surface area (Å²) in [6, 6.07) is 8.20. The first-order chi connectivity index (χ1) is 24.1. The van der Waals surface area contributed by atoms with Gasteiger partial charge < -0.3 is 36.0 Å². The molecule has 2 saturated heterocycles. The maximum atomic E-state index is 13.5. The van der Waals surface area contributed by atoms with Crippen molar-refractivity contribution in [3.8, 4) is 5.75 Å². The fourth-order valence-electron chi connectivity index (χ4n) is 7.18. The molecule has 12 nitrogen and oxygen atoms in total. The molecule has 0 bridgehead atoms. The normalized spacial score (nSPS) is 20.7. The fraction of sp³-hybridized carbons (Fsp3) is 0.417. The van der Waals surface area contributed by atoms with Gasteiger partial charge in [-0.2, -0.15) is 0 Å². The Balaban J connectivity index is 1.35. The number of hydrogen-bond donors (Lipinski definition) is 4. The Kier molecular flexibility index (Phi) is 11.0. The predicted molar refractivity (Wildman–Crippen MR) is 211 cm³/mol. The largest absolute Gasteiger partial charge is 0.494 e. The van der Waals surface area contributed by atoms with Crippen molar-refractivity contribution in [3.63, 3.8) is 0 Å². The van der Waals surface area contributed by atoms with Crippen LogP contribution in [0.1, 0.15) is 31.2 Å². The molecule has 2 aromatic carbocycles. The van der Waals surface area contributed by atoms with Crippen molar-refractivity contribution in [2.75, 3.05) is 63.9 Å². The van der Waals surface area contributed by atoms with Crippen LogP contribution in [-0.4, -0.2) is 93.3 Å². The molecule has 5 N–H and O–H groups in total. The van der Waals surface area contributed by atoms with E-state index in [9.17, 15) is 4.57 Å². The lowest BCUT2D eigenvalue weighted by Crippen LogP contribution is -2.48. The van der Waals surface area contributed by atoms with Crippen molar-refractivity contribution in [1.29, 1.82) is 5.41 Å². The van der Waals surface area contributed by atoms with Gasteiger partial charge in [0.1, 0.15) is 29.9 Å². The van der Waals surface area contributed by atoms with Crippen LogP contribution in [0.2, 0.25) is 0 Å². The minimum atomic E-state index is -2.81. The number of anilines is 2. The minimum Gasteiger partial charge on any atom is -0.494 e. The van der Waals surface area contributed by atoms with Gasteiger partial charge in [-0.1, -0.05) is 0 Å². The Morgan fingerprint density at radius 2 is 1.96 bits per heavy atom. The van der Waals surface area contributed by atoms with Gasteiger partial charge >= 0.3 is 0 Å². The topological polar surface area (TPSA) is 157 Å². The molecule has 1 aliphatic carbocycles. The number of halogens is 1. The highest BCUT2D eigenvalue weighted by molar-refractivity contribution is 9.12. The molecule has 2 atom stereocenters. The fourth-order valence-corrected chi connectivity index (χ4v) is 8.88. The van der Waals surface area contributed by atoms with Gasteiger partial charge in [0.05, 0.1) is 34.4 Å². The summed E-state index contributed by atoms with van der Waals surface area (Å²) in [4.78, 5) is 23.2. The maximum Gasteiger partial charge on any atom is 0.148 e. The van der Waals surface area contributed by atoms with Crippen LogP contribution in [0.25, 0.3) is 16.6 Å². The Labute approximate surface area is 302 Å². The van der Waals surface area contributed by atoms with Gasteiger partial charge in [0.2, 0.25) is 0 Å². The Bertz CT molecular complexity index is 1920. The number of piperidine rings is 1. The molecule has 3 heterocycles. The van der Waals surface area contributed by atoms with Gasteiger partial charge in [-0.3, -0.25) is 19.9 Å². The van der Waals surface area contributed by atoms with Gasteiger partial charge in [-0.15, -0.1) is 0 Å². The third-order valence-corrected chi connectivity index (χ3v) is 11.8. The van der Waals surface area contributed by atoms with Crippen molar-refractivity contribution >= 4 is 80.8 Å². The summed E-state index contributed by atoms with van der Waals surface area (Å²) < 4.78 is 19.9. The number of aromatic nitrogens is 2. The van der Waals surface area contributed by atoms with E-state index in [-0.39, 0.29) is 0 Å². The number of likely N-dealkylation sites (tertiary alicyclic amines) is 1. The van der Waals surface area contributed by atoms with Gasteiger partial charge in [-0.25, -0.2) is 4.99 Å². The lowest BCUT2D eigenvalue weighted by molar-refractivity contribution is 0.201. The van der Waals surface area contributed by atoms with E-state index in [1.807, 2.05) is 37.5 Å². The van der Waals surface area contributed by atoms with Gasteiger partial charge in [0, 0.05) is 86.6 Å². The van der Waals surface area contributed by atoms with Gasteiger partial charge in [0.25, 0.3) is 0 Å². The van der Waals surface area contributed by atoms with Crippen LogP contribution >= 0.6 is 23.1 Å². The monoisotopic (exact) mass is 760 g/mol.